The summed E-state index contributed by atoms with van der Waals surface area (Å²) < 4.78 is 2.50. The Morgan fingerprint density at radius 2 is 1.43 bits per heavy atom. The summed E-state index contributed by atoms with van der Waals surface area (Å²) in [5, 5.41) is 2.76. The predicted octanol–water partition coefficient (Wildman–Crippen LogP) is 7.52. The molecule has 2 aromatic heterocycles. The quantitative estimate of drug-likeness (QED) is 0.291. The van der Waals surface area contributed by atoms with Crippen molar-refractivity contribution in [2.75, 3.05) is 0 Å². The van der Waals surface area contributed by atoms with E-state index < -0.39 is 0 Å². The zero-order chi connectivity index (χ0) is 20.9. The van der Waals surface area contributed by atoms with E-state index in [0.29, 0.717) is 11.6 Å². The highest BCUT2D eigenvalue weighted by molar-refractivity contribution is 7.25. The molecule has 0 aliphatic carbocycles. The highest BCUT2D eigenvalue weighted by atomic mass is 35.5. The van der Waals surface area contributed by atoms with Gasteiger partial charge in [-0.1, -0.05) is 69.3 Å². The molecule has 0 radical (unpaired) electrons. The highest BCUT2D eigenvalue weighted by Crippen LogP contribution is 2.38. The molecule has 0 aliphatic heterocycles. The first-order valence-corrected chi connectivity index (χ1v) is 11.0. The molecule has 3 aromatic carbocycles. The van der Waals surface area contributed by atoms with Crippen molar-refractivity contribution < 1.29 is 0 Å². The minimum atomic E-state index is 0.123. The minimum Gasteiger partial charge on any atom is -0.208 e. The standard InChI is InChI=1S/C25H20ClN3S/c1-25(2,3)17-10-12-20-19(14-17)18-11-9-16(13-21(18)30-20)23-27-22(28-24(26)29-23)15-7-5-4-6-8-15/h4-14H,1-3H3. The molecule has 0 aliphatic rings. The van der Waals surface area contributed by atoms with Gasteiger partial charge in [0, 0.05) is 31.3 Å². The smallest absolute Gasteiger partial charge is 0.208 e. The summed E-state index contributed by atoms with van der Waals surface area (Å²) in [5.74, 6) is 1.17. The number of nitrogens with zero attached hydrogens (tertiary/aromatic N) is 3. The fraction of sp³-hybridized carbons (Fsp3) is 0.160. The second-order valence-corrected chi connectivity index (χ2v) is 9.81. The van der Waals surface area contributed by atoms with Crippen molar-refractivity contribution in [1.29, 1.82) is 0 Å². The maximum absolute atomic E-state index is 6.23. The van der Waals surface area contributed by atoms with Crippen LogP contribution in [0, 0.1) is 0 Å². The molecule has 5 heteroatoms. The number of thiophene rings is 1. The second-order valence-electron chi connectivity index (χ2n) is 8.39. The second kappa shape index (κ2) is 7.15. The fourth-order valence-corrected chi connectivity index (χ4v) is 4.86. The van der Waals surface area contributed by atoms with Crippen molar-refractivity contribution in [3.63, 3.8) is 0 Å². The Bertz CT molecular complexity index is 1380. The molecular formula is C25H20ClN3S. The van der Waals surface area contributed by atoms with Crippen molar-refractivity contribution in [1.82, 2.24) is 15.0 Å². The van der Waals surface area contributed by atoms with Crippen LogP contribution in [0.2, 0.25) is 5.28 Å². The van der Waals surface area contributed by atoms with Gasteiger partial charge in [0.25, 0.3) is 0 Å². The SMILES string of the molecule is CC(C)(C)c1ccc2sc3cc(-c4nc(Cl)nc(-c5ccccc5)n4)ccc3c2c1. The van der Waals surface area contributed by atoms with Crippen LogP contribution in [0.1, 0.15) is 26.3 Å². The lowest BCUT2D eigenvalue weighted by Crippen LogP contribution is -2.10. The van der Waals surface area contributed by atoms with E-state index in [0.717, 1.165) is 11.1 Å². The molecule has 148 valence electrons. The van der Waals surface area contributed by atoms with Crippen LogP contribution in [-0.2, 0) is 5.41 Å². The summed E-state index contributed by atoms with van der Waals surface area (Å²) in [4.78, 5) is 13.4. The predicted molar refractivity (Wildman–Crippen MR) is 127 cm³/mol. The number of aromatic nitrogens is 3. The molecule has 0 amide bonds. The Morgan fingerprint density at radius 3 is 2.17 bits per heavy atom. The van der Waals surface area contributed by atoms with Gasteiger partial charge < -0.3 is 0 Å². The molecule has 30 heavy (non-hydrogen) atoms. The van der Waals surface area contributed by atoms with Gasteiger partial charge in [0.2, 0.25) is 5.28 Å². The van der Waals surface area contributed by atoms with Gasteiger partial charge in [0.1, 0.15) is 0 Å². The summed E-state index contributed by atoms with van der Waals surface area (Å²) in [6, 6.07) is 23.0. The highest BCUT2D eigenvalue weighted by Gasteiger charge is 2.16. The molecule has 2 heterocycles. The monoisotopic (exact) mass is 429 g/mol. The molecule has 0 fully saturated rings. The van der Waals surface area contributed by atoms with E-state index in [9.17, 15) is 0 Å². The Labute approximate surface area is 184 Å². The Hall–Kier alpha value is -2.82. The summed E-state index contributed by atoms with van der Waals surface area (Å²) in [5.41, 5.74) is 3.32. The molecule has 0 spiro atoms. The lowest BCUT2D eigenvalue weighted by Gasteiger charge is -2.18. The van der Waals surface area contributed by atoms with Crippen molar-refractivity contribution in [2.45, 2.75) is 26.2 Å². The van der Waals surface area contributed by atoms with E-state index in [1.54, 1.807) is 11.3 Å². The van der Waals surface area contributed by atoms with Crippen LogP contribution in [0.4, 0.5) is 0 Å². The molecular weight excluding hydrogens is 410 g/mol. The van der Waals surface area contributed by atoms with Crippen LogP contribution in [0.3, 0.4) is 0 Å². The average molecular weight is 430 g/mol. The van der Waals surface area contributed by atoms with Crippen LogP contribution in [-0.4, -0.2) is 15.0 Å². The van der Waals surface area contributed by atoms with E-state index in [1.807, 2.05) is 30.3 Å². The summed E-state index contributed by atoms with van der Waals surface area (Å²) in [6.07, 6.45) is 0. The summed E-state index contributed by atoms with van der Waals surface area (Å²) in [7, 11) is 0. The van der Waals surface area contributed by atoms with Gasteiger partial charge in [-0.2, -0.15) is 9.97 Å². The number of hydrogen-bond donors (Lipinski definition) is 0. The zero-order valence-electron chi connectivity index (χ0n) is 17.0. The number of fused-ring (bicyclic) bond motifs is 3. The average Bonchev–Trinajstić information content (AvgIpc) is 3.10. The van der Waals surface area contributed by atoms with E-state index in [4.69, 9.17) is 11.6 Å². The Kier molecular flexibility index (Phi) is 4.57. The molecule has 0 bridgehead atoms. The number of benzene rings is 3. The lowest BCUT2D eigenvalue weighted by atomic mass is 9.86. The molecule has 0 unspecified atom stereocenters. The molecule has 5 rings (SSSR count). The van der Waals surface area contributed by atoms with Gasteiger partial charge in [-0.3, -0.25) is 0 Å². The van der Waals surface area contributed by atoms with E-state index in [1.165, 1.54) is 25.7 Å². The van der Waals surface area contributed by atoms with Crippen molar-refractivity contribution in [3.05, 3.63) is 77.6 Å². The third-order valence-electron chi connectivity index (χ3n) is 5.24. The van der Waals surface area contributed by atoms with E-state index >= 15 is 0 Å². The first-order valence-electron chi connectivity index (χ1n) is 9.83. The fourth-order valence-electron chi connectivity index (χ4n) is 3.58. The lowest BCUT2D eigenvalue weighted by molar-refractivity contribution is 0.591. The van der Waals surface area contributed by atoms with Gasteiger partial charge in [0.05, 0.1) is 0 Å². The molecule has 0 saturated heterocycles. The van der Waals surface area contributed by atoms with Crippen LogP contribution >= 0.6 is 22.9 Å². The Morgan fingerprint density at radius 1 is 0.700 bits per heavy atom. The van der Waals surface area contributed by atoms with Gasteiger partial charge in [-0.05, 0) is 40.8 Å². The van der Waals surface area contributed by atoms with Gasteiger partial charge in [-0.15, -0.1) is 11.3 Å². The third kappa shape index (κ3) is 3.47. The van der Waals surface area contributed by atoms with Crippen molar-refractivity contribution >= 4 is 43.1 Å². The molecule has 3 nitrogen and oxygen atoms in total. The number of rotatable bonds is 2. The van der Waals surface area contributed by atoms with Crippen molar-refractivity contribution in [2.24, 2.45) is 0 Å². The minimum absolute atomic E-state index is 0.123. The summed E-state index contributed by atoms with van der Waals surface area (Å²) >= 11 is 8.02. The zero-order valence-corrected chi connectivity index (χ0v) is 18.6. The van der Waals surface area contributed by atoms with Gasteiger partial charge in [0.15, 0.2) is 11.6 Å². The van der Waals surface area contributed by atoms with Crippen LogP contribution < -0.4 is 0 Å². The molecule has 0 saturated carbocycles. The van der Waals surface area contributed by atoms with E-state index in [-0.39, 0.29) is 10.7 Å². The van der Waals surface area contributed by atoms with Gasteiger partial charge in [-0.25, -0.2) is 4.98 Å². The number of halogens is 1. The van der Waals surface area contributed by atoms with Crippen molar-refractivity contribution in [3.8, 4) is 22.8 Å². The van der Waals surface area contributed by atoms with Gasteiger partial charge >= 0.3 is 0 Å². The van der Waals surface area contributed by atoms with Crippen LogP contribution in [0.15, 0.2) is 66.7 Å². The van der Waals surface area contributed by atoms with Crippen LogP contribution in [0.5, 0.6) is 0 Å². The first kappa shape index (κ1) is 19.2. The van der Waals surface area contributed by atoms with Crippen LogP contribution in [0.25, 0.3) is 42.9 Å². The first-order chi connectivity index (χ1) is 14.4. The van der Waals surface area contributed by atoms with E-state index in [2.05, 4.69) is 72.1 Å². The summed E-state index contributed by atoms with van der Waals surface area (Å²) in [6.45, 7) is 6.74. The third-order valence-corrected chi connectivity index (χ3v) is 6.54. The largest absolute Gasteiger partial charge is 0.226 e. The Balaban J connectivity index is 1.64. The molecule has 0 atom stereocenters. The normalized spacial score (nSPS) is 12.0. The number of hydrogen-bond acceptors (Lipinski definition) is 4. The maximum atomic E-state index is 6.23. The molecule has 5 aromatic rings. The molecule has 0 N–H and O–H groups in total. The topological polar surface area (TPSA) is 38.7 Å². The maximum Gasteiger partial charge on any atom is 0.226 e.